The van der Waals surface area contributed by atoms with Gasteiger partial charge in [-0.25, -0.2) is 28.8 Å². The highest BCUT2D eigenvalue weighted by atomic mass is 28.4. The van der Waals surface area contributed by atoms with Gasteiger partial charge in [0.15, 0.2) is 25.0 Å². The van der Waals surface area contributed by atoms with Gasteiger partial charge < -0.3 is 72.6 Å². The lowest BCUT2D eigenvalue weighted by molar-refractivity contribution is -0.153. The van der Waals surface area contributed by atoms with Gasteiger partial charge in [-0.1, -0.05) is 98.8 Å². The molecule has 0 spiro atoms. The molecule has 0 aliphatic carbocycles. The molecule has 104 heavy (non-hydrogen) atoms. The number of amides is 5. The van der Waals surface area contributed by atoms with Crippen LogP contribution >= 0.6 is 0 Å². The van der Waals surface area contributed by atoms with E-state index in [0.717, 1.165) is 19.3 Å². The van der Waals surface area contributed by atoms with Crippen LogP contribution in [0.25, 0.3) is 0 Å². The highest BCUT2D eigenvalue weighted by molar-refractivity contribution is 6.75. The summed E-state index contributed by atoms with van der Waals surface area (Å²) in [4.78, 5) is 115. The largest absolute Gasteiger partial charge is 0.480 e. The van der Waals surface area contributed by atoms with Gasteiger partial charge >= 0.3 is 42.2 Å². The molecule has 4 heterocycles. The molecular formula is C76H136N6O19Si3. The number of rotatable bonds is 24. The third-order valence-corrected chi connectivity index (χ3v) is 33.0. The summed E-state index contributed by atoms with van der Waals surface area (Å²) >= 11 is 0. The quantitative estimate of drug-likeness (QED) is 0.0259. The number of carbonyl (C=O) groups excluding carboxylic acids is 8. The van der Waals surface area contributed by atoms with E-state index < -0.39 is 108 Å². The maximum absolute atomic E-state index is 13.9. The Bertz CT molecular complexity index is 2920. The lowest BCUT2D eigenvalue weighted by Crippen LogP contribution is -2.56. The summed E-state index contributed by atoms with van der Waals surface area (Å²) in [5.41, 5.74) is -2.04. The molecule has 0 aromatic heterocycles. The SMILES string of the molecule is C=CCC[C@@H]1N[C@H](C(=O)OC)C[C@H]1O[Si](C)(C)C(C)(C)C.C=CCC[C@H]1[C@H](O[Si](C)(C)C(C)(C)C)C[C@@H](C(=O)OC)N1C(=O)[C@H](CC=C)NC(=O)OC(C)(C)C.C=CC[C@H](NC(=O)OC(C)(C)C)C(=O)O.COC(=O)[C@@H]1C[C@@H](O[Si](C)(C)C(C)(C)C)[C@@H]2CCC=CC[C@H](NC(=O)OC(C)(C)C)C(=O)N12. The van der Waals surface area contributed by atoms with Gasteiger partial charge in [-0.05, 0) is 181 Å². The van der Waals surface area contributed by atoms with Gasteiger partial charge in [-0.2, -0.15) is 0 Å². The predicted octanol–water partition coefficient (Wildman–Crippen LogP) is 13.9. The molecule has 0 aromatic carbocycles. The third kappa shape index (κ3) is 31.0. The van der Waals surface area contributed by atoms with E-state index in [1.165, 1.54) is 27.4 Å². The number of allylic oxidation sites excluding steroid dienone is 3. The summed E-state index contributed by atoms with van der Waals surface area (Å²) in [6.45, 7) is 63.2. The van der Waals surface area contributed by atoms with E-state index in [9.17, 15) is 43.2 Å². The Labute approximate surface area is 626 Å². The normalized spacial score (nSPS) is 23.0. The third-order valence-electron chi connectivity index (χ3n) is 19.5. The topological polar surface area (TPSA) is 312 Å². The lowest BCUT2D eigenvalue weighted by Gasteiger charge is -2.40. The second-order valence-electron chi connectivity index (χ2n) is 34.5. The maximum atomic E-state index is 13.9. The van der Waals surface area contributed by atoms with E-state index in [1.54, 1.807) is 84.3 Å². The van der Waals surface area contributed by atoms with Crippen LogP contribution in [0.15, 0.2) is 62.8 Å². The van der Waals surface area contributed by atoms with Gasteiger partial charge in [0.1, 0.15) is 53.1 Å². The number of methoxy groups -OCH3 is 3. The average molecular weight is 1520 g/mol. The summed E-state index contributed by atoms with van der Waals surface area (Å²) in [5, 5.41) is 19.8. The molecule has 0 saturated carbocycles. The van der Waals surface area contributed by atoms with E-state index in [-0.39, 0.29) is 88.2 Å². The molecule has 28 heteroatoms. The molecule has 4 aliphatic heterocycles. The molecule has 0 aromatic rings. The number of fused-ring (bicyclic) bond motifs is 1. The molecule has 3 saturated heterocycles. The first-order valence-electron chi connectivity index (χ1n) is 36.4. The Morgan fingerprint density at radius 3 is 1.40 bits per heavy atom. The molecule has 0 radical (unpaired) electrons. The van der Waals surface area contributed by atoms with Gasteiger partial charge in [0, 0.05) is 18.9 Å². The van der Waals surface area contributed by atoms with Crippen molar-refractivity contribution in [3.8, 4) is 0 Å². The summed E-state index contributed by atoms with van der Waals surface area (Å²) in [5.74, 6) is -2.97. The number of carboxylic acid groups (broad SMARTS) is 1. The van der Waals surface area contributed by atoms with Crippen molar-refractivity contribution in [2.75, 3.05) is 21.3 Å². The lowest BCUT2D eigenvalue weighted by atomic mass is 10.1. The number of nitrogens with zero attached hydrogens (tertiary/aromatic N) is 2. The van der Waals surface area contributed by atoms with Crippen molar-refractivity contribution < 1.29 is 90.0 Å². The van der Waals surface area contributed by atoms with Crippen LogP contribution in [0.5, 0.6) is 0 Å². The minimum absolute atomic E-state index is 0.00952. The zero-order valence-electron chi connectivity index (χ0n) is 68.4. The van der Waals surface area contributed by atoms with E-state index in [0.29, 0.717) is 44.9 Å². The first-order chi connectivity index (χ1) is 47.4. The number of carboxylic acids is 1. The van der Waals surface area contributed by atoms with E-state index in [1.807, 2.05) is 18.2 Å². The highest BCUT2D eigenvalue weighted by Gasteiger charge is 2.55. The Balaban J connectivity index is 0.000000726. The Morgan fingerprint density at radius 2 is 0.971 bits per heavy atom. The van der Waals surface area contributed by atoms with Crippen molar-refractivity contribution in [2.24, 2.45) is 0 Å². The molecule has 5 N–H and O–H groups in total. The van der Waals surface area contributed by atoms with Crippen LogP contribution in [0.3, 0.4) is 0 Å². The van der Waals surface area contributed by atoms with E-state index >= 15 is 0 Å². The number of aliphatic carboxylic acids is 1. The van der Waals surface area contributed by atoms with Crippen molar-refractivity contribution >= 4 is 78.9 Å². The number of alkyl carbamates (subject to hydrolysis) is 3. The van der Waals surface area contributed by atoms with Crippen molar-refractivity contribution in [1.82, 2.24) is 31.1 Å². The second kappa shape index (κ2) is 40.7. The van der Waals surface area contributed by atoms with Gasteiger partial charge in [0.25, 0.3) is 0 Å². The monoisotopic (exact) mass is 1520 g/mol. The minimum Gasteiger partial charge on any atom is -0.480 e. The number of carbonyl (C=O) groups is 9. The van der Waals surface area contributed by atoms with E-state index in [2.05, 4.69) is 149 Å². The molecule has 12 atom stereocenters. The molecule has 596 valence electrons. The Kier molecular flexibility index (Phi) is 37.5. The van der Waals surface area contributed by atoms with Crippen molar-refractivity contribution in [3.05, 3.63) is 62.8 Å². The van der Waals surface area contributed by atoms with Gasteiger partial charge in [-0.3, -0.25) is 19.7 Å². The maximum Gasteiger partial charge on any atom is 0.408 e. The van der Waals surface area contributed by atoms with Crippen LogP contribution in [0.4, 0.5) is 14.4 Å². The minimum atomic E-state index is -2.21. The fourth-order valence-electron chi connectivity index (χ4n) is 11.1. The predicted molar refractivity (Wildman–Crippen MR) is 414 cm³/mol. The van der Waals surface area contributed by atoms with Crippen LogP contribution < -0.4 is 21.3 Å². The van der Waals surface area contributed by atoms with Crippen molar-refractivity contribution in [3.63, 3.8) is 0 Å². The van der Waals surface area contributed by atoms with Crippen LogP contribution in [-0.4, -0.2) is 205 Å². The number of esters is 3. The summed E-state index contributed by atoms with van der Waals surface area (Å²) < 4.78 is 50.6. The number of ether oxygens (including phenoxy) is 6. The first kappa shape index (κ1) is 95.8. The Hall–Kier alpha value is -6.18. The van der Waals surface area contributed by atoms with Gasteiger partial charge in [0.2, 0.25) is 11.8 Å². The second-order valence-corrected chi connectivity index (χ2v) is 48.8. The first-order valence-corrected chi connectivity index (χ1v) is 45.1. The highest BCUT2D eigenvalue weighted by Crippen LogP contribution is 2.44. The fourth-order valence-corrected chi connectivity index (χ4v) is 15.2. The Morgan fingerprint density at radius 1 is 0.558 bits per heavy atom. The number of likely N-dealkylation sites (tertiary alicyclic amines) is 1. The van der Waals surface area contributed by atoms with Gasteiger partial charge in [0.05, 0.1) is 51.7 Å². The van der Waals surface area contributed by atoms with Crippen LogP contribution in [0.2, 0.25) is 54.4 Å². The number of hydrogen-bond donors (Lipinski definition) is 5. The fraction of sp³-hybridized carbons (Fsp3) is 0.750. The number of nitrogens with one attached hydrogen (secondary N) is 4. The molecule has 25 nitrogen and oxygen atoms in total. The number of hydrogen-bond acceptors (Lipinski definition) is 19. The average Bonchev–Trinajstić information content (AvgIpc) is 1.62. The summed E-state index contributed by atoms with van der Waals surface area (Å²) in [7, 11) is -2.12. The summed E-state index contributed by atoms with van der Waals surface area (Å²) in [6, 6.07) is -5.03. The molecule has 5 amide bonds. The molecule has 0 unspecified atom stereocenters. The molecule has 4 rings (SSSR count). The molecular weight excluding hydrogens is 1390 g/mol. The molecule has 0 bridgehead atoms. The van der Waals surface area contributed by atoms with Crippen molar-refractivity contribution in [2.45, 2.75) is 346 Å². The zero-order chi connectivity index (χ0) is 80.7. The van der Waals surface area contributed by atoms with Gasteiger partial charge in [-0.15, -0.1) is 26.3 Å². The van der Waals surface area contributed by atoms with Crippen LogP contribution in [-0.2, 0) is 70.5 Å². The summed E-state index contributed by atoms with van der Waals surface area (Å²) in [6.07, 6.45) is 14.6. The molecule has 4 aliphatic rings. The standard InChI is InChI=1S/C26H46N2O6Si.C24H42N2O6Si.C16H31NO3Si.C10H17NO4/c1-12-14-16-19-21(34-35(10,11)26(6,7)8)17-20(23(30)32-9)28(19)22(29)18(15-13-2)27-24(31)33-25(3,4)5;1-23(2,3)31-22(29)25-16-13-11-10-12-14-17-19(32-33(8,9)24(4,5)6)15-18(21(28)30-7)26(17)20(16)27;1-8-9-10-12-14(11-13(17-12)15(18)19-5)20-21(6,7)16(2,3)4;1-5-6-7(8(12)13)11-9(14)15-10(2,3)4/h12-13,18-21H,1-2,14-17H2,3-11H3,(H,27,31);10-11,16-19H,12-15H2,1-9H3,(H,25,29);8,12-14,17H,1,9-11H2,2-7H3;5,7H,1,6H2,2-4H3,(H,11,14)(H,12,13)/t18-,19-,20-,21+;16-,17-,18-,19+;12-,13-,14+;7-/m0000/s1. The molecule has 3 fully saturated rings. The zero-order valence-corrected chi connectivity index (χ0v) is 71.4. The van der Waals surface area contributed by atoms with Crippen LogP contribution in [0.1, 0.15) is 202 Å². The smallest absolute Gasteiger partial charge is 0.408 e. The van der Waals surface area contributed by atoms with Crippen LogP contribution in [0, 0.1) is 0 Å². The van der Waals surface area contributed by atoms with Crippen molar-refractivity contribution in [1.29, 1.82) is 0 Å². The van der Waals surface area contributed by atoms with E-state index in [4.69, 9.17) is 46.8 Å².